The summed E-state index contributed by atoms with van der Waals surface area (Å²) in [5, 5.41) is 0.838. The fourth-order valence-corrected chi connectivity index (χ4v) is 2.49. The van der Waals surface area contributed by atoms with E-state index in [2.05, 4.69) is 20.9 Å². The Labute approximate surface area is 112 Å². The minimum absolute atomic E-state index is 0.663. The molecule has 0 spiro atoms. The van der Waals surface area contributed by atoms with Gasteiger partial charge in [-0.05, 0) is 12.1 Å². The van der Waals surface area contributed by atoms with Crippen LogP contribution in [0.3, 0.4) is 0 Å². The summed E-state index contributed by atoms with van der Waals surface area (Å²) in [6.07, 6.45) is 0.863. The third-order valence-corrected chi connectivity index (χ3v) is 3.93. The molecule has 17 heavy (non-hydrogen) atoms. The predicted octanol–water partition coefficient (Wildman–Crippen LogP) is 3.45. The zero-order chi connectivity index (χ0) is 12.4. The number of hydrogen-bond acceptors (Lipinski definition) is 4. The van der Waals surface area contributed by atoms with Crippen molar-refractivity contribution in [3.63, 3.8) is 0 Å². The van der Waals surface area contributed by atoms with Crippen molar-refractivity contribution in [3.8, 4) is 11.3 Å². The zero-order valence-electron chi connectivity index (χ0n) is 9.48. The Bertz CT molecular complexity index is 534. The molecule has 2 rings (SSSR count). The molecule has 1 aromatic heterocycles. The maximum atomic E-state index is 11.0. The average molecular weight is 311 g/mol. The number of halogens is 1. The van der Waals surface area contributed by atoms with Gasteiger partial charge in [-0.1, -0.05) is 39.4 Å². The number of hydrogen-bond donors (Lipinski definition) is 0. The molecule has 0 radical (unpaired) electrons. The van der Waals surface area contributed by atoms with Gasteiger partial charge < -0.3 is 4.90 Å². The van der Waals surface area contributed by atoms with Crippen molar-refractivity contribution in [2.75, 3.05) is 19.0 Å². The van der Waals surface area contributed by atoms with Crippen LogP contribution in [0.25, 0.3) is 11.3 Å². The van der Waals surface area contributed by atoms with Crippen LogP contribution >= 0.6 is 27.3 Å². The normalized spacial score (nSPS) is 10.3. The number of aldehydes is 1. The predicted molar refractivity (Wildman–Crippen MR) is 75.0 cm³/mol. The summed E-state index contributed by atoms with van der Waals surface area (Å²) >= 11 is 4.79. The first kappa shape index (κ1) is 12.3. The lowest BCUT2D eigenvalue weighted by molar-refractivity contribution is 0.112. The molecule has 0 aliphatic heterocycles. The molecule has 5 heteroatoms. The molecule has 88 valence electrons. The molecule has 0 bridgehead atoms. The van der Waals surface area contributed by atoms with E-state index in [1.54, 1.807) is 0 Å². The van der Waals surface area contributed by atoms with Crippen molar-refractivity contribution in [2.45, 2.75) is 0 Å². The van der Waals surface area contributed by atoms with Gasteiger partial charge in [0.1, 0.15) is 0 Å². The van der Waals surface area contributed by atoms with Crippen molar-refractivity contribution in [1.82, 2.24) is 4.98 Å². The molecule has 0 aliphatic rings. The van der Waals surface area contributed by atoms with Gasteiger partial charge in [0.05, 0.1) is 10.6 Å². The van der Waals surface area contributed by atoms with Crippen LogP contribution in [0.15, 0.2) is 28.7 Å². The van der Waals surface area contributed by atoms with E-state index >= 15 is 0 Å². The number of anilines is 1. The number of carbonyl (C=O) groups excluding carboxylic acids is 1. The van der Waals surface area contributed by atoms with Crippen molar-refractivity contribution >= 4 is 38.7 Å². The van der Waals surface area contributed by atoms with Crippen LogP contribution in [0.4, 0.5) is 5.13 Å². The molecule has 0 N–H and O–H groups in total. The molecule has 3 nitrogen and oxygen atoms in total. The van der Waals surface area contributed by atoms with Gasteiger partial charge in [-0.15, -0.1) is 0 Å². The summed E-state index contributed by atoms with van der Waals surface area (Å²) in [4.78, 5) is 18.1. The second-order valence-corrected chi connectivity index (χ2v) is 5.65. The third kappa shape index (κ3) is 2.56. The SMILES string of the molecule is CN(C)c1nc(-c2ccc(Br)cc2)c(C=O)s1. The highest BCUT2D eigenvalue weighted by Gasteiger charge is 2.13. The van der Waals surface area contributed by atoms with Gasteiger partial charge in [-0.25, -0.2) is 4.98 Å². The lowest BCUT2D eigenvalue weighted by Crippen LogP contribution is -2.07. The monoisotopic (exact) mass is 310 g/mol. The first-order chi connectivity index (χ1) is 8.11. The summed E-state index contributed by atoms with van der Waals surface area (Å²) in [5.74, 6) is 0. The van der Waals surface area contributed by atoms with E-state index < -0.39 is 0 Å². The molecule has 1 aromatic carbocycles. The van der Waals surface area contributed by atoms with Crippen molar-refractivity contribution in [3.05, 3.63) is 33.6 Å². The van der Waals surface area contributed by atoms with E-state index in [0.29, 0.717) is 4.88 Å². The lowest BCUT2D eigenvalue weighted by atomic mass is 10.1. The smallest absolute Gasteiger partial charge is 0.186 e. The summed E-state index contributed by atoms with van der Waals surface area (Å²) < 4.78 is 1.01. The van der Waals surface area contributed by atoms with Gasteiger partial charge in [0.25, 0.3) is 0 Å². The first-order valence-electron chi connectivity index (χ1n) is 5.01. The molecule has 0 fully saturated rings. The summed E-state index contributed by atoms with van der Waals surface area (Å²) in [6.45, 7) is 0. The number of rotatable bonds is 3. The topological polar surface area (TPSA) is 33.2 Å². The van der Waals surface area contributed by atoms with Crippen LogP contribution in [0, 0.1) is 0 Å². The average Bonchev–Trinajstić information content (AvgIpc) is 2.74. The van der Waals surface area contributed by atoms with Crippen LogP contribution in [0.1, 0.15) is 9.67 Å². The number of nitrogens with zero attached hydrogens (tertiary/aromatic N) is 2. The van der Waals surface area contributed by atoms with Crippen molar-refractivity contribution in [2.24, 2.45) is 0 Å². The van der Waals surface area contributed by atoms with Gasteiger partial charge in [0.2, 0.25) is 0 Å². The van der Waals surface area contributed by atoms with Gasteiger partial charge in [0.15, 0.2) is 11.4 Å². The number of benzene rings is 1. The van der Waals surface area contributed by atoms with E-state index in [4.69, 9.17) is 0 Å². The molecular weight excluding hydrogens is 300 g/mol. The quantitative estimate of drug-likeness (QED) is 0.814. The van der Waals surface area contributed by atoms with Crippen molar-refractivity contribution in [1.29, 1.82) is 0 Å². The Kier molecular flexibility index (Phi) is 3.59. The second kappa shape index (κ2) is 4.98. The largest absolute Gasteiger partial charge is 0.354 e. The maximum Gasteiger partial charge on any atom is 0.186 e. The summed E-state index contributed by atoms with van der Waals surface area (Å²) in [5.41, 5.74) is 1.71. The Morgan fingerprint density at radius 1 is 1.29 bits per heavy atom. The van der Waals surface area contributed by atoms with E-state index in [-0.39, 0.29) is 0 Å². The molecule has 0 saturated heterocycles. The van der Waals surface area contributed by atoms with Crippen LogP contribution in [-0.4, -0.2) is 25.4 Å². The molecule has 2 aromatic rings. The highest BCUT2D eigenvalue weighted by molar-refractivity contribution is 9.10. The fraction of sp³-hybridized carbons (Fsp3) is 0.167. The number of carbonyl (C=O) groups is 1. The molecule has 0 aliphatic carbocycles. The number of thiazole rings is 1. The molecule has 0 saturated carbocycles. The Morgan fingerprint density at radius 2 is 1.94 bits per heavy atom. The van der Waals surface area contributed by atoms with Gasteiger partial charge >= 0.3 is 0 Å². The van der Waals surface area contributed by atoms with E-state index in [1.807, 2.05) is 43.3 Å². The van der Waals surface area contributed by atoms with Crippen LogP contribution in [0.5, 0.6) is 0 Å². The Hall–Kier alpha value is -1.20. The van der Waals surface area contributed by atoms with Crippen LogP contribution in [-0.2, 0) is 0 Å². The Morgan fingerprint density at radius 3 is 2.47 bits per heavy atom. The maximum absolute atomic E-state index is 11.0. The standard InChI is InChI=1S/C12H11BrN2OS/c1-15(2)12-14-11(10(7-16)17-12)8-3-5-9(13)6-4-8/h3-7H,1-2H3. The minimum Gasteiger partial charge on any atom is -0.354 e. The van der Waals surface area contributed by atoms with Gasteiger partial charge in [-0.3, -0.25) is 4.79 Å². The fourth-order valence-electron chi connectivity index (χ4n) is 1.41. The molecular formula is C12H11BrN2OS. The number of aromatic nitrogens is 1. The third-order valence-electron chi connectivity index (χ3n) is 2.25. The molecule has 0 atom stereocenters. The van der Waals surface area contributed by atoms with E-state index in [1.165, 1.54) is 11.3 Å². The minimum atomic E-state index is 0.663. The van der Waals surface area contributed by atoms with Crippen LogP contribution in [0.2, 0.25) is 0 Å². The highest BCUT2D eigenvalue weighted by atomic mass is 79.9. The Balaban J connectivity index is 2.50. The molecule has 1 heterocycles. The summed E-state index contributed by atoms with van der Waals surface area (Å²) in [6, 6.07) is 7.79. The summed E-state index contributed by atoms with van der Waals surface area (Å²) in [7, 11) is 3.83. The first-order valence-corrected chi connectivity index (χ1v) is 6.62. The van der Waals surface area contributed by atoms with E-state index in [9.17, 15) is 4.79 Å². The second-order valence-electron chi connectivity index (χ2n) is 3.73. The molecule has 0 unspecified atom stereocenters. The van der Waals surface area contributed by atoms with Gasteiger partial charge in [0, 0.05) is 24.1 Å². The molecule has 0 amide bonds. The zero-order valence-corrected chi connectivity index (χ0v) is 11.9. The van der Waals surface area contributed by atoms with Crippen molar-refractivity contribution < 1.29 is 4.79 Å². The lowest BCUT2D eigenvalue weighted by Gasteiger charge is -2.05. The van der Waals surface area contributed by atoms with Gasteiger partial charge in [-0.2, -0.15) is 0 Å². The van der Waals surface area contributed by atoms with E-state index in [0.717, 1.165) is 27.1 Å². The van der Waals surface area contributed by atoms with Crippen LogP contribution < -0.4 is 4.90 Å². The highest BCUT2D eigenvalue weighted by Crippen LogP contribution is 2.31.